The number of nitrogens with zero attached hydrogens (tertiary/aromatic N) is 4. The molecule has 10 aromatic carbocycles. The van der Waals surface area contributed by atoms with Crippen LogP contribution in [-0.2, 0) is 0 Å². The van der Waals surface area contributed by atoms with Crippen molar-refractivity contribution in [1.82, 2.24) is 9.13 Å². The van der Waals surface area contributed by atoms with Crippen LogP contribution in [0.3, 0.4) is 0 Å². The lowest BCUT2D eigenvalue weighted by Crippen LogP contribution is -2.15. The lowest BCUT2D eigenvalue weighted by Gasteiger charge is -2.33. The van der Waals surface area contributed by atoms with Gasteiger partial charge in [0.25, 0.3) is 0 Å². The van der Waals surface area contributed by atoms with Gasteiger partial charge in [0.1, 0.15) is 0 Å². The number of pyridine rings is 2. The van der Waals surface area contributed by atoms with Crippen molar-refractivity contribution in [2.75, 3.05) is 9.80 Å². The molecule has 0 saturated carbocycles. The molecule has 2 heterocycles. The minimum Gasteiger partial charge on any atom is -0.310 e. The molecule has 60 heavy (non-hydrogen) atoms. The van der Waals surface area contributed by atoms with Crippen LogP contribution in [0.1, 0.15) is 0 Å². The largest absolute Gasteiger partial charge is 0.310 e. The molecular weight excluding hydrogens is 729 g/mol. The molecule has 0 N–H and O–H groups in total. The number of hydrogen-bond acceptors (Lipinski definition) is 2. The number of benzene rings is 10. The minimum atomic E-state index is 1.10. The molecule has 0 unspecified atom stereocenters. The lowest BCUT2D eigenvalue weighted by atomic mass is 9.85. The standard InChI is InChI=1S/C56H38N4/c1-7-20-39(21-8-1)57(40-22-9-2-10-23-40)47-36-37-49-54-46(47)34-35-50-55(54)56-52(60(49)44-30-17-6-18-31-44)38-51(58(41-24-11-3-12-25-41)42-26-13-4-14-27-42)45-32-19-33-48(53(45)56)59(50)43-28-15-5-16-29-43/h1-38H. The maximum absolute atomic E-state index is 2.50. The van der Waals surface area contributed by atoms with Gasteiger partial charge in [0.2, 0.25) is 0 Å². The van der Waals surface area contributed by atoms with Crippen molar-refractivity contribution in [2.24, 2.45) is 0 Å². The third kappa shape index (κ3) is 5.18. The Kier molecular flexibility index (Phi) is 7.82. The van der Waals surface area contributed by atoms with E-state index >= 15 is 0 Å². The van der Waals surface area contributed by atoms with E-state index in [1.165, 1.54) is 38.2 Å². The van der Waals surface area contributed by atoms with Gasteiger partial charge in [-0.3, -0.25) is 0 Å². The average molecular weight is 767 g/mol. The normalized spacial score (nSPS) is 11.7. The lowest BCUT2D eigenvalue weighted by molar-refractivity contribution is 1.14. The first-order valence-electron chi connectivity index (χ1n) is 20.5. The van der Waals surface area contributed by atoms with Gasteiger partial charge in [-0.05, 0) is 103 Å². The van der Waals surface area contributed by atoms with E-state index in [-0.39, 0.29) is 0 Å². The van der Waals surface area contributed by atoms with Gasteiger partial charge in [0, 0.05) is 66.8 Å². The van der Waals surface area contributed by atoms with Gasteiger partial charge in [0.15, 0.2) is 0 Å². The Morgan fingerprint density at radius 1 is 0.267 bits per heavy atom. The van der Waals surface area contributed by atoms with E-state index in [2.05, 4.69) is 249 Å². The van der Waals surface area contributed by atoms with Crippen molar-refractivity contribution in [2.45, 2.75) is 0 Å². The van der Waals surface area contributed by atoms with Crippen LogP contribution in [0.2, 0.25) is 0 Å². The first-order chi connectivity index (χ1) is 29.8. The number of rotatable bonds is 8. The van der Waals surface area contributed by atoms with E-state index in [1.54, 1.807) is 0 Å². The predicted octanol–water partition coefficient (Wildman–Crippen LogP) is 15.4. The van der Waals surface area contributed by atoms with E-state index < -0.39 is 0 Å². The summed E-state index contributed by atoms with van der Waals surface area (Å²) in [7, 11) is 0. The van der Waals surface area contributed by atoms with E-state index in [9.17, 15) is 0 Å². The molecule has 0 amide bonds. The van der Waals surface area contributed by atoms with Crippen LogP contribution in [0, 0.1) is 0 Å². The second-order valence-electron chi connectivity index (χ2n) is 15.3. The van der Waals surface area contributed by atoms with Gasteiger partial charge in [-0.2, -0.15) is 0 Å². The van der Waals surface area contributed by atoms with E-state index in [4.69, 9.17) is 0 Å². The van der Waals surface area contributed by atoms with Crippen molar-refractivity contribution in [3.63, 3.8) is 0 Å². The van der Waals surface area contributed by atoms with Crippen LogP contribution >= 0.6 is 0 Å². The van der Waals surface area contributed by atoms with Crippen molar-refractivity contribution in [3.8, 4) is 22.5 Å². The van der Waals surface area contributed by atoms with Crippen LogP contribution < -0.4 is 9.80 Å². The SMILES string of the molecule is c1ccc(N(c2ccccc2)c2cc3c4c5c2cccc5n(-c2ccccc2)c2ccc5c(N(c6ccccc6)c6ccccc6)ccc(c5c2-4)n3-c2ccccc2)cc1. The summed E-state index contributed by atoms with van der Waals surface area (Å²) in [4.78, 5) is 4.82. The topological polar surface area (TPSA) is 16.3 Å². The molecule has 282 valence electrons. The van der Waals surface area contributed by atoms with Crippen molar-refractivity contribution in [1.29, 1.82) is 0 Å². The van der Waals surface area contributed by atoms with Gasteiger partial charge in [-0.25, -0.2) is 0 Å². The van der Waals surface area contributed by atoms with Crippen LogP contribution in [0.25, 0.3) is 66.1 Å². The van der Waals surface area contributed by atoms with Gasteiger partial charge in [-0.1, -0.05) is 127 Å². The summed E-state index contributed by atoms with van der Waals surface area (Å²) in [6.45, 7) is 0. The molecule has 0 aromatic heterocycles. The molecule has 0 fully saturated rings. The smallest absolute Gasteiger partial charge is 0.0569 e. The van der Waals surface area contributed by atoms with Crippen molar-refractivity contribution < 1.29 is 0 Å². The zero-order chi connectivity index (χ0) is 39.6. The Hall–Kier alpha value is -8.08. The number of anilines is 6. The first kappa shape index (κ1) is 34.0. The molecule has 0 radical (unpaired) electrons. The highest BCUT2D eigenvalue weighted by Gasteiger charge is 2.31. The third-order valence-corrected chi connectivity index (χ3v) is 12.0. The zero-order valence-corrected chi connectivity index (χ0v) is 32.7. The quantitative estimate of drug-likeness (QED) is 0.113. The van der Waals surface area contributed by atoms with Gasteiger partial charge in [0.05, 0.1) is 33.4 Å². The maximum Gasteiger partial charge on any atom is 0.0569 e. The van der Waals surface area contributed by atoms with Gasteiger partial charge < -0.3 is 18.9 Å². The molecule has 0 saturated heterocycles. The summed E-state index contributed by atoms with van der Waals surface area (Å²) >= 11 is 0. The molecule has 0 atom stereocenters. The summed E-state index contributed by atoms with van der Waals surface area (Å²) in [5.41, 5.74) is 16.0. The Morgan fingerprint density at radius 2 is 0.650 bits per heavy atom. The monoisotopic (exact) mass is 766 g/mol. The number of hydrogen-bond donors (Lipinski definition) is 0. The van der Waals surface area contributed by atoms with E-state index in [1.807, 2.05) is 0 Å². The Balaban J connectivity index is 1.31. The van der Waals surface area contributed by atoms with Crippen molar-refractivity contribution in [3.05, 3.63) is 231 Å². The van der Waals surface area contributed by atoms with Crippen LogP contribution in [-0.4, -0.2) is 9.13 Å². The summed E-state index contributed by atoms with van der Waals surface area (Å²) in [6, 6.07) is 83.4. The molecule has 4 heteroatoms. The number of para-hydroxylation sites is 6. The summed E-state index contributed by atoms with van der Waals surface area (Å²) in [5.74, 6) is 0. The predicted molar refractivity (Wildman–Crippen MR) is 252 cm³/mol. The molecule has 2 aliphatic heterocycles. The van der Waals surface area contributed by atoms with Gasteiger partial charge in [-0.15, -0.1) is 0 Å². The summed E-state index contributed by atoms with van der Waals surface area (Å²) in [6.07, 6.45) is 0. The van der Waals surface area contributed by atoms with Crippen molar-refractivity contribution >= 4 is 77.7 Å². The Labute approximate surface area is 348 Å². The highest BCUT2D eigenvalue weighted by atomic mass is 15.2. The summed E-state index contributed by atoms with van der Waals surface area (Å²) < 4.78 is 4.98. The second-order valence-corrected chi connectivity index (χ2v) is 15.3. The van der Waals surface area contributed by atoms with E-state index in [0.29, 0.717) is 0 Å². The molecule has 4 nitrogen and oxygen atoms in total. The molecule has 2 aliphatic rings. The Bertz CT molecular complexity index is 3320. The summed E-state index contributed by atoms with van der Waals surface area (Å²) in [5, 5.41) is 4.83. The molecular formula is C56H38N4. The Morgan fingerprint density at radius 3 is 1.15 bits per heavy atom. The highest BCUT2D eigenvalue weighted by molar-refractivity contribution is 6.30. The first-order valence-corrected chi connectivity index (χ1v) is 20.5. The molecule has 12 rings (SSSR count). The zero-order valence-electron chi connectivity index (χ0n) is 32.7. The fraction of sp³-hybridized carbons (Fsp3) is 0. The van der Waals surface area contributed by atoms with Crippen LogP contribution in [0.4, 0.5) is 34.1 Å². The second kappa shape index (κ2) is 13.8. The molecule has 0 spiro atoms. The minimum absolute atomic E-state index is 1.10. The van der Waals surface area contributed by atoms with E-state index in [0.717, 1.165) is 62.0 Å². The molecule has 0 bridgehead atoms. The molecule has 10 aromatic rings. The number of aromatic nitrogens is 2. The fourth-order valence-corrected chi connectivity index (χ4v) is 9.58. The van der Waals surface area contributed by atoms with Gasteiger partial charge >= 0.3 is 0 Å². The van der Waals surface area contributed by atoms with Crippen LogP contribution in [0.15, 0.2) is 231 Å². The average Bonchev–Trinajstić information content (AvgIpc) is 3.32. The highest BCUT2D eigenvalue weighted by Crippen LogP contribution is 2.54. The molecule has 0 aliphatic carbocycles. The van der Waals surface area contributed by atoms with Crippen LogP contribution in [0.5, 0.6) is 0 Å². The maximum atomic E-state index is 2.50. The fourth-order valence-electron chi connectivity index (χ4n) is 9.58. The third-order valence-electron chi connectivity index (χ3n) is 12.0.